The van der Waals surface area contributed by atoms with Crippen LogP contribution in [0.2, 0.25) is 5.02 Å². The van der Waals surface area contributed by atoms with Crippen LogP contribution in [0.25, 0.3) is 10.8 Å². The van der Waals surface area contributed by atoms with Gasteiger partial charge < -0.3 is 5.11 Å². The van der Waals surface area contributed by atoms with Crippen LogP contribution in [0.15, 0.2) is 66.7 Å². The van der Waals surface area contributed by atoms with E-state index in [1.54, 1.807) is 0 Å². The molecule has 0 amide bonds. The summed E-state index contributed by atoms with van der Waals surface area (Å²) in [7, 11) is 0. The predicted molar refractivity (Wildman–Crippen MR) is 109 cm³/mol. The summed E-state index contributed by atoms with van der Waals surface area (Å²) in [5, 5.41) is 12.7. The number of likely N-dealkylation sites (tertiary alicyclic amines) is 1. The maximum atomic E-state index is 11.6. The first-order valence-corrected chi connectivity index (χ1v) is 9.71. The van der Waals surface area contributed by atoms with Crippen molar-refractivity contribution < 1.29 is 9.90 Å². The molecular formula is C23H22ClNO2. The lowest BCUT2D eigenvalue weighted by Gasteiger charge is -2.38. The molecular weight excluding hydrogens is 358 g/mol. The molecule has 0 aliphatic carbocycles. The number of benzene rings is 3. The first kappa shape index (κ1) is 18.0. The van der Waals surface area contributed by atoms with Crippen molar-refractivity contribution in [3.8, 4) is 0 Å². The lowest BCUT2D eigenvalue weighted by atomic mass is 9.89. The van der Waals surface area contributed by atoms with Crippen molar-refractivity contribution in [2.24, 2.45) is 5.92 Å². The summed E-state index contributed by atoms with van der Waals surface area (Å²) < 4.78 is 0. The van der Waals surface area contributed by atoms with Gasteiger partial charge >= 0.3 is 5.97 Å². The zero-order valence-corrected chi connectivity index (χ0v) is 15.8. The Bertz CT molecular complexity index is 949. The quantitative estimate of drug-likeness (QED) is 0.661. The molecule has 3 aromatic carbocycles. The van der Waals surface area contributed by atoms with Gasteiger partial charge in [-0.25, -0.2) is 0 Å². The summed E-state index contributed by atoms with van der Waals surface area (Å²) in [4.78, 5) is 13.9. The van der Waals surface area contributed by atoms with Gasteiger partial charge in [-0.15, -0.1) is 0 Å². The number of hydrogen-bond donors (Lipinski definition) is 1. The molecule has 3 aromatic rings. The summed E-state index contributed by atoms with van der Waals surface area (Å²) in [6.07, 6.45) is 1.64. The average Bonchev–Trinajstić information content (AvgIpc) is 2.70. The van der Waals surface area contributed by atoms with E-state index < -0.39 is 5.97 Å². The Morgan fingerprint density at radius 2 is 1.78 bits per heavy atom. The monoisotopic (exact) mass is 379 g/mol. The van der Waals surface area contributed by atoms with E-state index in [1.165, 1.54) is 16.3 Å². The second-order valence-electron chi connectivity index (χ2n) is 7.19. The van der Waals surface area contributed by atoms with Gasteiger partial charge in [-0.3, -0.25) is 9.69 Å². The van der Waals surface area contributed by atoms with E-state index in [-0.39, 0.29) is 12.0 Å². The van der Waals surface area contributed by atoms with Gasteiger partial charge in [-0.2, -0.15) is 0 Å². The third-order valence-corrected chi connectivity index (χ3v) is 5.72. The van der Waals surface area contributed by atoms with Crippen molar-refractivity contribution in [1.29, 1.82) is 0 Å². The number of hydrogen-bond acceptors (Lipinski definition) is 2. The number of carboxylic acid groups (broad SMARTS) is 1. The molecule has 2 unspecified atom stereocenters. The van der Waals surface area contributed by atoms with E-state index in [0.29, 0.717) is 11.6 Å². The largest absolute Gasteiger partial charge is 0.481 e. The van der Waals surface area contributed by atoms with Crippen LogP contribution in [0, 0.1) is 5.92 Å². The summed E-state index contributed by atoms with van der Waals surface area (Å²) in [6.45, 7) is 1.45. The van der Waals surface area contributed by atoms with Crippen LogP contribution in [-0.4, -0.2) is 29.1 Å². The summed E-state index contributed by atoms with van der Waals surface area (Å²) >= 11 is 6.12. The van der Waals surface area contributed by atoms with Gasteiger partial charge in [0.1, 0.15) is 0 Å². The molecule has 1 heterocycles. The smallest absolute Gasteiger partial charge is 0.307 e. The third kappa shape index (κ3) is 3.71. The number of halogens is 1. The first-order chi connectivity index (χ1) is 13.1. The highest BCUT2D eigenvalue weighted by Gasteiger charge is 2.31. The topological polar surface area (TPSA) is 40.5 Å². The van der Waals surface area contributed by atoms with Gasteiger partial charge in [0.25, 0.3) is 0 Å². The number of rotatable bonds is 4. The molecule has 3 nitrogen and oxygen atoms in total. The Labute approximate surface area is 164 Å². The van der Waals surface area contributed by atoms with Gasteiger partial charge in [0, 0.05) is 11.6 Å². The van der Waals surface area contributed by atoms with Crippen molar-refractivity contribution in [1.82, 2.24) is 4.90 Å². The summed E-state index contributed by atoms with van der Waals surface area (Å²) in [5.41, 5.74) is 2.35. The maximum Gasteiger partial charge on any atom is 0.307 e. The van der Waals surface area contributed by atoms with Crippen LogP contribution >= 0.6 is 11.6 Å². The number of piperidine rings is 1. The van der Waals surface area contributed by atoms with Gasteiger partial charge in [0.2, 0.25) is 0 Å². The van der Waals surface area contributed by atoms with Crippen LogP contribution in [-0.2, 0) is 4.79 Å². The molecule has 0 radical (unpaired) electrons. The van der Waals surface area contributed by atoms with E-state index >= 15 is 0 Å². The van der Waals surface area contributed by atoms with Gasteiger partial charge in [-0.1, -0.05) is 66.2 Å². The number of carboxylic acids is 1. The van der Waals surface area contributed by atoms with Crippen LogP contribution in [0.3, 0.4) is 0 Å². The van der Waals surface area contributed by atoms with Gasteiger partial charge in [0.15, 0.2) is 0 Å². The molecule has 27 heavy (non-hydrogen) atoms. The first-order valence-electron chi connectivity index (χ1n) is 9.33. The SMILES string of the molecule is O=C(O)C1CCCN(C(c2ccc(Cl)cc2)c2cccc3ccccc23)C1. The molecule has 0 saturated carbocycles. The van der Waals surface area contributed by atoms with Crippen LogP contribution < -0.4 is 0 Å². The maximum absolute atomic E-state index is 11.6. The number of fused-ring (bicyclic) bond motifs is 1. The number of carbonyl (C=O) groups is 1. The fourth-order valence-corrected chi connectivity index (χ4v) is 4.29. The highest BCUT2D eigenvalue weighted by molar-refractivity contribution is 6.30. The summed E-state index contributed by atoms with van der Waals surface area (Å²) in [5.74, 6) is -1.02. The van der Waals surface area contributed by atoms with Gasteiger partial charge in [0.05, 0.1) is 12.0 Å². The molecule has 0 spiro atoms. The lowest BCUT2D eigenvalue weighted by molar-refractivity contribution is -0.143. The highest BCUT2D eigenvalue weighted by atomic mass is 35.5. The second-order valence-corrected chi connectivity index (χ2v) is 7.63. The van der Waals surface area contributed by atoms with Crippen LogP contribution in [0.5, 0.6) is 0 Å². The Morgan fingerprint density at radius 3 is 2.56 bits per heavy atom. The minimum atomic E-state index is -0.701. The molecule has 1 saturated heterocycles. The van der Waals surface area contributed by atoms with E-state index in [1.807, 2.05) is 18.2 Å². The van der Waals surface area contributed by atoms with Crippen molar-refractivity contribution >= 4 is 28.3 Å². The zero-order valence-electron chi connectivity index (χ0n) is 15.0. The molecule has 4 heteroatoms. The van der Waals surface area contributed by atoms with E-state index in [9.17, 15) is 9.90 Å². The Hall–Kier alpha value is -2.36. The fourth-order valence-electron chi connectivity index (χ4n) is 4.16. The van der Waals surface area contributed by atoms with E-state index in [0.717, 1.165) is 24.9 Å². The third-order valence-electron chi connectivity index (χ3n) is 5.47. The molecule has 1 N–H and O–H groups in total. The summed E-state index contributed by atoms with van der Waals surface area (Å²) in [6, 6.07) is 22.7. The Kier molecular flexibility index (Phi) is 5.15. The van der Waals surface area contributed by atoms with Gasteiger partial charge in [-0.05, 0) is 53.4 Å². The molecule has 2 atom stereocenters. The molecule has 1 fully saturated rings. The standard InChI is InChI=1S/C23H22ClNO2/c24-19-12-10-17(11-13-19)22(25-14-4-7-18(15-25)23(26)27)21-9-3-6-16-5-1-2-8-20(16)21/h1-3,5-6,8-13,18,22H,4,7,14-15H2,(H,26,27). The van der Waals surface area contributed by atoms with Crippen molar-refractivity contribution in [2.45, 2.75) is 18.9 Å². The highest BCUT2D eigenvalue weighted by Crippen LogP contribution is 2.36. The Morgan fingerprint density at radius 1 is 1.04 bits per heavy atom. The molecule has 138 valence electrons. The predicted octanol–water partition coefficient (Wildman–Crippen LogP) is 5.38. The van der Waals surface area contributed by atoms with E-state index in [4.69, 9.17) is 11.6 Å². The average molecular weight is 380 g/mol. The molecule has 4 rings (SSSR count). The van der Waals surface area contributed by atoms with Crippen LogP contribution in [0.4, 0.5) is 0 Å². The molecule has 1 aliphatic heterocycles. The molecule has 0 aromatic heterocycles. The van der Waals surface area contributed by atoms with E-state index in [2.05, 4.69) is 53.4 Å². The minimum absolute atomic E-state index is 0.00974. The lowest BCUT2D eigenvalue weighted by Crippen LogP contribution is -2.41. The Balaban J connectivity index is 1.83. The number of nitrogens with zero attached hydrogens (tertiary/aromatic N) is 1. The fraction of sp³-hybridized carbons (Fsp3) is 0.261. The van der Waals surface area contributed by atoms with Crippen LogP contribution in [0.1, 0.15) is 30.0 Å². The zero-order chi connectivity index (χ0) is 18.8. The minimum Gasteiger partial charge on any atom is -0.481 e. The second kappa shape index (κ2) is 7.71. The number of aliphatic carboxylic acids is 1. The van der Waals surface area contributed by atoms with Crippen molar-refractivity contribution in [3.05, 3.63) is 82.9 Å². The normalized spacial score (nSPS) is 19.1. The molecule has 1 aliphatic rings. The van der Waals surface area contributed by atoms with Crippen molar-refractivity contribution in [2.75, 3.05) is 13.1 Å². The van der Waals surface area contributed by atoms with Crippen molar-refractivity contribution in [3.63, 3.8) is 0 Å². The molecule has 0 bridgehead atoms.